The second kappa shape index (κ2) is 6.85. The number of carbonyl (C=O) groups excluding carboxylic acids is 1. The lowest BCUT2D eigenvalue weighted by Gasteiger charge is -2.25. The molecule has 1 atom stereocenters. The first-order valence-corrected chi connectivity index (χ1v) is 6.86. The van der Waals surface area contributed by atoms with Crippen molar-refractivity contribution in [3.05, 3.63) is 33.8 Å². The quantitative estimate of drug-likeness (QED) is 0.827. The molecule has 2 N–H and O–H groups in total. The molecule has 0 bridgehead atoms. The maximum absolute atomic E-state index is 12.0. The van der Waals surface area contributed by atoms with Crippen LogP contribution < -0.4 is 5.32 Å². The molecular formula is C14H18BrNO4. The zero-order valence-corrected chi connectivity index (χ0v) is 13.3. The number of hydrogen-bond donors (Lipinski definition) is 2. The molecule has 0 aliphatic heterocycles. The molecule has 0 aliphatic carbocycles. The number of hydrogen-bond acceptors (Lipinski definition) is 3. The fourth-order valence-electron chi connectivity index (χ4n) is 1.82. The van der Waals surface area contributed by atoms with E-state index >= 15 is 0 Å². The Labute approximate surface area is 126 Å². The van der Waals surface area contributed by atoms with Crippen molar-refractivity contribution in [3.63, 3.8) is 0 Å². The highest BCUT2D eigenvalue weighted by molar-refractivity contribution is 9.10. The molecule has 1 amide bonds. The third-order valence-electron chi connectivity index (χ3n) is 2.98. The number of nitrogens with one attached hydrogen (secondary N) is 1. The first-order valence-electron chi connectivity index (χ1n) is 6.07. The van der Waals surface area contributed by atoms with Gasteiger partial charge in [0.25, 0.3) is 0 Å². The lowest BCUT2D eigenvalue weighted by Crippen LogP contribution is -2.55. The molecule has 5 nitrogen and oxygen atoms in total. The van der Waals surface area contributed by atoms with Gasteiger partial charge in [-0.25, -0.2) is 4.79 Å². The number of benzene rings is 1. The van der Waals surface area contributed by atoms with Gasteiger partial charge in [-0.15, -0.1) is 0 Å². The van der Waals surface area contributed by atoms with Crippen molar-refractivity contribution in [2.24, 2.45) is 0 Å². The van der Waals surface area contributed by atoms with Crippen LogP contribution in [0.15, 0.2) is 22.7 Å². The number of carboxylic acids is 1. The van der Waals surface area contributed by atoms with Gasteiger partial charge in [-0.05, 0) is 37.1 Å². The highest BCUT2D eigenvalue weighted by Crippen LogP contribution is 2.16. The Morgan fingerprint density at radius 1 is 1.45 bits per heavy atom. The van der Waals surface area contributed by atoms with E-state index < -0.39 is 11.5 Å². The summed E-state index contributed by atoms with van der Waals surface area (Å²) in [6, 6.07) is 5.60. The Morgan fingerprint density at radius 2 is 2.10 bits per heavy atom. The summed E-state index contributed by atoms with van der Waals surface area (Å²) in [6.07, 6.45) is 0.131. The van der Waals surface area contributed by atoms with E-state index in [-0.39, 0.29) is 18.9 Å². The number of rotatable bonds is 6. The molecule has 0 fully saturated rings. The SMILES string of the molecule is COCC(C)(NC(=O)Cc1ccc(Br)cc1C)C(=O)O. The summed E-state index contributed by atoms with van der Waals surface area (Å²) in [5.41, 5.74) is 0.406. The number of ether oxygens (including phenoxy) is 1. The van der Waals surface area contributed by atoms with Crippen LogP contribution in [0.3, 0.4) is 0 Å². The lowest BCUT2D eigenvalue weighted by molar-refractivity contribution is -0.149. The van der Waals surface area contributed by atoms with Gasteiger partial charge in [0.2, 0.25) is 5.91 Å². The number of aryl methyl sites for hydroxylation is 1. The largest absolute Gasteiger partial charge is 0.479 e. The van der Waals surface area contributed by atoms with Crippen LogP contribution in [0.25, 0.3) is 0 Å². The molecule has 0 radical (unpaired) electrons. The second-order valence-corrected chi connectivity index (χ2v) is 5.78. The molecular weight excluding hydrogens is 326 g/mol. The van der Waals surface area contributed by atoms with Crippen LogP contribution in [0.4, 0.5) is 0 Å². The van der Waals surface area contributed by atoms with Gasteiger partial charge in [0.1, 0.15) is 0 Å². The van der Waals surface area contributed by atoms with Crippen LogP contribution in [0, 0.1) is 6.92 Å². The number of carboxylic acid groups (broad SMARTS) is 1. The smallest absolute Gasteiger partial charge is 0.331 e. The third kappa shape index (κ3) is 4.31. The molecule has 1 aromatic rings. The predicted molar refractivity (Wildman–Crippen MR) is 78.6 cm³/mol. The summed E-state index contributed by atoms with van der Waals surface area (Å²) in [4.78, 5) is 23.2. The molecule has 1 unspecified atom stereocenters. The van der Waals surface area contributed by atoms with Crippen molar-refractivity contribution in [2.45, 2.75) is 25.8 Å². The summed E-state index contributed by atoms with van der Waals surface area (Å²) < 4.78 is 5.80. The summed E-state index contributed by atoms with van der Waals surface area (Å²) in [5, 5.41) is 11.7. The minimum Gasteiger partial charge on any atom is -0.479 e. The Bertz CT molecular complexity index is 518. The van der Waals surface area contributed by atoms with Crippen LogP contribution in [-0.2, 0) is 20.7 Å². The Morgan fingerprint density at radius 3 is 2.60 bits per heavy atom. The topological polar surface area (TPSA) is 75.6 Å². The normalized spacial score (nSPS) is 13.6. The molecule has 0 spiro atoms. The Kier molecular flexibility index (Phi) is 5.71. The molecule has 0 aliphatic rings. The molecule has 0 aromatic heterocycles. The second-order valence-electron chi connectivity index (χ2n) is 4.87. The van der Waals surface area contributed by atoms with Gasteiger partial charge in [0.05, 0.1) is 13.0 Å². The van der Waals surface area contributed by atoms with Crippen molar-refractivity contribution < 1.29 is 19.4 Å². The van der Waals surface area contributed by atoms with E-state index in [2.05, 4.69) is 21.2 Å². The maximum Gasteiger partial charge on any atom is 0.331 e. The van der Waals surface area contributed by atoms with Crippen LogP contribution in [-0.4, -0.2) is 36.2 Å². The van der Waals surface area contributed by atoms with Crippen molar-refractivity contribution in [1.29, 1.82) is 0 Å². The van der Waals surface area contributed by atoms with Gasteiger partial charge in [-0.3, -0.25) is 4.79 Å². The lowest BCUT2D eigenvalue weighted by atomic mass is 10.0. The van der Waals surface area contributed by atoms with Crippen molar-refractivity contribution >= 4 is 27.8 Å². The summed E-state index contributed by atoms with van der Waals surface area (Å²) >= 11 is 3.36. The number of carbonyl (C=O) groups is 2. The van der Waals surface area contributed by atoms with Crippen LogP contribution >= 0.6 is 15.9 Å². The first-order chi connectivity index (χ1) is 9.28. The number of aliphatic carboxylic acids is 1. The Balaban J connectivity index is 2.78. The first kappa shape index (κ1) is 16.7. The average Bonchev–Trinajstić information content (AvgIpc) is 2.32. The third-order valence-corrected chi connectivity index (χ3v) is 3.47. The molecule has 1 rings (SSSR count). The van der Waals surface area contributed by atoms with E-state index in [0.717, 1.165) is 15.6 Å². The van der Waals surface area contributed by atoms with E-state index in [9.17, 15) is 9.59 Å². The van der Waals surface area contributed by atoms with E-state index in [1.807, 2.05) is 25.1 Å². The zero-order chi connectivity index (χ0) is 15.3. The Hall–Kier alpha value is -1.40. The van der Waals surface area contributed by atoms with E-state index in [4.69, 9.17) is 9.84 Å². The van der Waals surface area contributed by atoms with Gasteiger partial charge in [-0.2, -0.15) is 0 Å². The highest BCUT2D eigenvalue weighted by Gasteiger charge is 2.34. The van der Waals surface area contributed by atoms with Crippen LogP contribution in [0.2, 0.25) is 0 Å². The van der Waals surface area contributed by atoms with E-state index in [0.29, 0.717) is 0 Å². The van der Waals surface area contributed by atoms with Crippen molar-refractivity contribution in [2.75, 3.05) is 13.7 Å². The number of halogens is 1. The zero-order valence-electron chi connectivity index (χ0n) is 11.7. The van der Waals surface area contributed by atoms with Crippen LogP contribution in [0.1, 0.15) is 18.1 Å². The van der Waals surface area contributed by atoms with Gasteiger partial charge >= 0.3 is 5.97 Å². The molecule has 0 saturated heterocycles. The minimum atomic E-state index is -1.42. The molecule has 20 heavy (non-hydrogen) atoms. The monoisotopic (exact) mass is 343 g/mol. The van der Waals surface area contributed by atoms with E-state index in [1.54, 1.807) is 0 Å². The van der Waals surface area contributed by atoms with Crippen LogP contribution in [0.5, 0.6) is 0 Å². The van der Waals surface area contributed by atoms with Gasteiger partial charge in [0.15, 0.2) is 5.54 Å². The fourth-order valence-corrected chi connectivity index (χ4v) is 2.30. The highest BCUT2D eigenvalue weighted by atomic mass is 79.9. The van der Waals surface area contributed by atoms with Gasteiger partial charge in [0, 0.05) is 11.6 Å². The number of amides is 1. The minimum absolute atomic E-state index is 0.0899. The number of methoxy groups -OCH3 is 1. The summed E-state index contributed by atoms with van der Waals surface area (Å²) in [6.45, 7) is 3.23. The summed E-state index contributed by atoms with van der Waals surface area (Å²) in [7, 11) is 1.40. The molecule has 1 aromatic carbocycles. The standard InChI is InChI=1S/C14H18BrNO4/c1-9-6-11(15)5-4-10(9)7-12(17)16-14(2,8-20-3)13(18)19/h4-6H,7-8H2,1-3H3,(H,16,17)(H,18,19). The van der Waals surface area contributed by atoms with E-state index in [1.165, 1.54) is 14.0 Å². The fraction of sp³-hybridized carbons (Fsp3) is 0.429. The maximum atomic E-state index is 12.0. The summed E-state index contributed by atoms with van der Waals surface area (Å²) in [5.74, 6) is -1.47. The predicted octanol–water partition coefficient (Wildman–Crippen LogP) is 1.91. The van der Waals surface area contributed by atoms with Crippen molar-refractivity contribution in [3.8, 4) is 0 Å². The molecule has 6 heteroatoms. The molecule has 0 heterocycles. The average molecular weight is 344 g/mol. The van der Waals surface area contributed by atoms with Crippen molar-refractivity contribution in [1.82, 2.24) is 5.32 Å². The van der Waals surface area contributed by atoms with Gasteiger partial charge < -0.3 is 15.2 Å². The molecule has 110 valence electrons. The molecule has 0 saturated carbocycles. The van der Waals surface area contributed by atoms with Gasteiger partial charge in [-0.1, -0.05) is 22.0 Å².